The number of aromatic nitrogens is 2. The Morgan fingerprint density at radius 2 is 1.68 bits per heavy atom. The van der Waals surface area contributed by atoms with E-state index in [4.69, 9.17) is 32.9 Å². The summed E-state index contributed by atoms with van der Waals surface area (Å²) in [5.74, 6) is 0.989. The molecule has 3 atom stereocenters. The van der Waals surface area contributed by atoms with Gasteiger partial charge in [-0.25, -0.2) is 9.55 Å². The average Bonchev–Trinajstić information content (AvgIpc) is 3.81. The predicted octanol–water partition coefficient (Wildman–Crippen LogP) is 5.46. The van der Waals surface area contributed by atoms with Crippen molar-refractivity contribution in [3.05, 3.63) is 115 Å². The topological polar surface area (TPSA) is 106 Å². The summed E-state index contributed by atoms with van der Waals surface area (Å²) in [4.78, 5) is 46.5. The highest BCUT2D eigenvalue weighted by molar-refractivity contribution is 6.42. The van der Waals surface area contributed by atoms with Crippen molar-refractivity contribution in [2.24, 2.45) is 0 Å². The lowest BCUT2D eigenvalue weighted by Crippen LogP contribution is -2.46. The number of hydrogen-bond donors (Lipinski definition) is 2. The first-order valence-electron chi connectivity index (χ1n) is 14.3. The van der Waals surface area contributed by atoms with Crippen molar-refractivity contribution in [1.29, 1.82) is 0 Å². The van der Waals surface area contributed by atoms with Crippen LogP contribution in [0.5, 0.6) is 5.75 Å². The molecule has 3 aromatic carbocycles. The monoisotopic (exact) mass is 631 g/mol. The van der Waals surface area contributed by atoms with E-state index < -0.39 is 0 Å². The molecule has 226 valence electrons. The first-order chi connectivity index (χ1) is 21.2. The summed E-state index contributed by atoms with van der Waals surface area (Å²) in [6.45, 7) is 2.08. The van der Waals surface area contributed by atoms with Crippen LogP contribution >= 0.6 is 23.2 Å². The zero-order valence-corrected chi connectivity index (χ0v) is 25.9. The van der Waals surface area contributed by atoms with Crippen molar-refractivity contribution in [2.45, 2.75) is 44.3 Å². The number of halogens is 2. The summed E-state index contributed by atoms with van der Waals surface area (Å²) < 4.78 is 6.86. The van der Waals surface area contributed by atoms with Crippen molar-refractivity contribution < 1.29 is 14.3 Å². The van der Waals surface area contributed by atoms with Crippen LogP contribution in [0.4, 0.5) is 5.95 Å². The molecule has 6 rings (SSSR count). The van der Waals surface area contributed by atoms with E-state index in [2.05, 4.69) is 10.6 Å². The maximum Gasteiger partial charge on any atom is 0.263 e. The molecule has 1 aliphatic heterocycles. The zero-order chi connectivity index (χ0) is 31.1. The van der Waals surface area contributed by atoms with Gasteiger partial charge in [-0.3, -0.25) is 14.4 Å². The molecule has 9 nitrogen and oxygen atoms in total. The number of nitrogens with zero attached hydrogens (tertiary/aromatic N) is 3. The second-order valence-electron chi connectivity index (χ2n) is 11.1. The third-order valence-electron chi connectivity index (χ3n) is 8.31. The number of carbonyl (C=O) groups excluding carboxylic acids is 2. The van der Waals surface area contributed by atoms with Gasteiger partial charge in [0.15, 0.2) is 0 Å². The fourth-order valence-corrected chi connectivity index (χ4v) is 6.01. The molecule has 4 aromatic rings. The molecule has 2 aliphatic rings. The Labute approximate surface area is 264 Å². The Hall–Kier alpha value is -4.34. The Kier molecular flexibility index (Phi) is 8.09. The Morgan fingerprint density at radius 3 is 2.34 bits per heavy atom. The minimum absolute atomic E-state index is 0.0567. The molecule has 2 N–H and O–H groups in total. The molecule has 0 radical (unpaired) electrons. The van der Waals surface area contributed by atoms with Crippen LogP contribution in [-0.2, 0) is 13.0 Å². The normalized spacial score (nSPS) is 18.8. The molecule has 0 saturated heterocycles. The molecule has 11 heteroatoms. The highest BCUT2D eigenvalue weighted by Gasteiger charge is 2.40. The predicted molar refractivity (Wildman–Crippen MR) is 170 cm³/mol. The molecule has 1 fully saturated rings. The van der Waals surface area contributed by atoms with E-state index in [-0.39, 0.29) is 41.9 Å². The number of rotatable bonds is 7. The number of methoxy groups -OCH3 is 1. The van der Waals surface area contributed by atoms with Gasteiger partial charge >= 0.3 is 0 Å². The lowest BCUT2D eigenvalue weighted by molar-refractivity contribution is 0.0653. The SMILES string of the molecule is CNC(=O)c1ccc(-n2c(NC3C[C@H]3c3ccc(OC)cc3)nc3c(c2=O)C[C@@H](C)N(C(=O)c2ccc(Cl)c(Cl)c2)C3)cc1. The van der Waals surface area contributed by atoms with Crippen LogP contribution in [0.1, 0.15) is 56.8 Å². The highest BCUT2D eigenvalue weighted by Crippen LogP contribution is 2.43. The van der Waals surface area contributed by atoms with Crippen molar-refractivity contribution in [3.63, 3.8) is 0 Å². The summed E-state index contributed by atoms with van der Waals surface area (Å²) >= 11 is 12.3. The number of benzene rings is 3. The molecule has 2 amide bonds. The Bertz CT molecular complexity index is 1810. The van der Waals surface area contributed by atoms with Crippen LogP contribution in [0.2, 0.25) is 10.0 Å². The molecule has 44 heavy (non-hydrogen) atoms. The van der Waals surface area contributed by atoms with E-state index in [9.17, 15) is 14.4 Å². The minimum Gasteiger partial charge on any atom is -0.497 e. The summed E-state index contributed by atoms with van der Waals surface area (Å²) in [6, 6.07) is 19.4. The van der Waals surface area contributed by atoms with E-state index >= 15 is 0 Å². The number of amides is 2. The van der Waals surface area contributed by atoms with Crippen LogP contribution in [0, 0.1) is 0 Å². The van der Waals surface area contributed by atoms with Gasteiger partial charge in [0, 0.05) is 41.7 Å². The fourth-order valence-electron chi connectivity index (χ4n) is 5.71. The van der Waals surface area contributed by atoms with Crippen LogP contribution in [-0.4, -0.2) is 52.5 Å². The van der Waals surface area contributed by atoms with Crippen LogP contribution < -0.4 is 20.9 Å². The third kappa shape index (κ3) is 5.65. The number of hydrogen-bond acceptors (Lipinski definition) is 6. The molecule has 2 heterocycles. The fraction of sp³-hybridized carbons (Fsp3) is 0.273. The largest absolute Gasteiger partial charge is 0.497 e. The van der Waals surface area contributed by atoms with Gasteiger partial charge in [-0.05, 0) is 79.9 Å². The molecule has 0 spiro atoms. The van der Waals surface area contributed by atoms with Gasteiger partial charge in [-0.2, -0.15) is 0 Å². The Balaban J connectivity index is 1.36. The van der Waals surface area contributed by atoms with E-state index in [1.54, 1.807) is 66.1 Å². The lowest BCUT2D eigenvalue weighted by atomic mass is 9.98. The van der Waals surface area contributed by atoms with Gasteiger partial charge in [0.05, 0.1) is 35.1 Å². The molecule has 1 aliphatic carbocycles. The second-order valence-corrected chi connectivity index (χ2v) is 11.9. The maximum absolute atomic E-state index is 14.2. The van der Waals surface area contributed by atoms with Gasteiger partial charge in [0.25, 0.3) is 17.4 Å². The molecular weight excluding hydrogens is 601 g/mol. The van der Waals surface area contributed by atoms with Crippen LogP contribution in [0.25, 0.3) is 5.69 Å². The van der Waals surface area contributed by atoms with E-state index in [1.165, 1.54) is 0 Å². The van der Waals surface area contributed by atoms with Gasteiger partial charge in [-0.15, -0.1) is 0 Å². The molecular formula is C33H31Cl2N5O4. The van der Waals surface area contributed by atoms with E-state index in [0.29, 0.717) is 50.5 Å². The highest BCUT2D eigenvalue weighted by atomic mass is 35.5. The summed E-state index contributed by atoms with van der Waals surface area (Å²) in [5.41, 5.74) is 3.54. The van der Waals surface area contributed by atoms with Crippen molar-refractivity contribution in [2.75, 3.05) is 19.5 Å². The standard InChI is InChI=1S/C33H31Cl2N5O4/c1-18-14-25-29(17-39(18)31(42)21-8-13-26(34)27(35)15-21)38-33(37-28-16-24(28)19-6-11-23(44-3)12-7-19)40(32(25)43)22-9-4-20(5-10-22)30(41)36-2/h4-13,15,18,24,28H,14,16-17H2,1-3H3,(H,36,41)(H,37,38)/t18-,24+,28?/m1/s1. The first-order valence-corrected chi connectivity index (χ1v) is 15.1. The van der Waals surface area contributed by atoms with Crippen molar-refractivity contribution in [3.8, 4) is 11.4 Å². The zero-order valence-electron chi connectivity index (χ0n) is 24.4. The number of nitrogens with one attached hydrogen (secondary N) is 2. The van der Waals surface area contributed by atoms with Gasteiger partial charge in [-0.1, -0.05) is 35.3 Å². The number of fused-ring (bicyclic) bond motifs is 1. The second kappa shape index (κ2) is 12.0. The average molecular weight is 633 g/mol. The number of ether oxygens (including phenoxy) is 1. The minimum atomic E-state index is -0.260. The molecule has 0 bridgehead atoms. The van der Waals surface area contributed by atoms with Gasteiger partial charge in [0.1, 0.15) is 5.75 Å². The quantitative estimate of drug-likeness (QED) is 0.280. The van der Waals surface area contributed by atoms with E-state index in [0.717, 1.165) is 17.7 Å². The molecule has 1 saturated carbocycles. The van der Waals surface area contributed by atoms with Gasteiger partial charge < -0.3 is 20.3 Å². The smallest absolute Gasteiger partial charge is 0.263 e. The number of carbonyl (C=O) groups is 2. The van der Waals surface area contributed by atoms with E-state index in [1.807, 2.05) is 31.2 Å². The summed E-state index contributed by atoms with van der Waals surface area (Å²) in [7, 11) is 3.21. The van der Waals surface area contributed by atoms with Crippen LogP contribution in [0.3, 0.4) is 0 Å². The molecule has 1 unspecified atom stereocenters. The Morgan fingerprint density at radius 1 is 0.977 bits per heavy atom. The first kappa shape index (κ1) is 29.7. The maximum atomic E-state index is 14.2. The number of anilines is 1. The van der Waals surface area contributed by atoms with Crippen molar-refractivity contribution in [1.82, 2.24) is 19.8 Å². The third-order valence-corrected chi connectivity index (χ3v) is 9.04. The van der Waals surface area contributed by atoms with Crippen molar-refractivity contribution >= 4 is 41.0 Å². The summed E-state index contributed by atoms with van der Waals surface area (Å²) in [6.07, 6.45) is 1.20. The lowest BCUT2D eigenvalue weighted by Gasteiger charge is -2.34. The molecule has 1 aromatic heterocycles. The van der Waals surface area contributed by atoms with Gasteiger partial charge in [0.2, 0.25) is 5.95 Å². The van der Waals surface area contributed by atoms with Crippen LogP contribution in [0.15, 0.2) is 71.5 Å². The summed E-state index contributed by atoms with van der Waals surface area (Å²) in [5, 5.41) is 6.79.